The second-order valence-electron chi connectivity index (χ2n) is 4.96. The summed E-state index contributed by atoms with van der Waals surface area (Å²) in [6.07, 6.45) is -0.759. The van der Waals surface area contributed by atoms with E-state index in [4.69, 9.17) is 15.9 Å². The Balaban J connectivity index is 1.75. The zero-order chi connectivity index (χ0) is 17.4. The zero-order valence-electron chi connectivity index (χ0n) is 12.9. The van der Waals surface area contributed by atoms with Crippen molar-refractivity contribution in [1.82, 2.24) is 5.32 Å². The lowest BCUT2D eigenvalue weighted by atomic mass is 10.2. The number of nitrogens with one attached hydrogen (secondary N) is 3. The molecule has 124 valence electrons. The van der Waals surface area contributed by atoms with E-state index in [2.05, 4.69) is 10.6 Å². The molecule has 7 nitrogen and oxygen atoms in total. The molecule has 0 heterocycles. The van der Waals surface area contributed by atoms with Crippen molar-refractivity contribution >= 4 is 23.5 Å². The Morgan fingerprint density at radius 1 is 1.08 bits per heavy atom. The van der Waals surface area contributed by atoms with Gasteiger partial charge in [0.15, 0.2) is 6.61 Å². The van der Waals surface area contributed by atoms with Crippen LogP contribution in [0.5, 0.6) is 0 Å². The number of carbonyl (C=O) groups is 2. The van der Waals surface area contributed by atoms with Crippen LogP contribution in [0.2, 0.25) is 0 Å². The van der Waals surface area contributed by atoms with Crippen molar-refractivity contribution in [2.75, 3.05) is 11.9 Å². The van der Waals surface area contributed by atoms with Gasteiger partial charge in [0.1, 0.15) is 5.84 Å². The highest BCUT2D eigenvalue weighted by Crippen LogP contribution is 2.10. The summed E-state index contributed by atoms with van der Waals surface area (Å²) in [6.45, 7) is -0.0175. The van der Waals surface area contributed by atoms with Crippen molar-refractivity contribution in [2.45, 2.75) is 6.54 Å². The summed E-state index contributed by atoms with van der Waals surface area (Å²) in [4.78, 5) is 23.3. The molecule has 24 heavy (non-hydrogen) atoms. The van der Waals surface area contributed by atoms with Crippen LogP contribution >= 0.6 is 0 Å². The first-order valence-electron chi connectivity index (χ1n) is 7.23. The fraction of sp³-hybridized carbons (Fsp3) is 0.118. The van der Waals surface area contributed by atoms with Crippen LogP contribution in [0.15, 0.2) is 54.6 Å². The number of nitrogen functional groups attached to an aromatic ring is 1. The number of benzene rings is 2. The lowest BCUT2D eigenvalue weighted by Crippen LogP contribution is -2.29. The number of carbonyl (C=O) groups excluding carboxylic acids is 2. The minimum absolute atomic E-state index is 0.104. The van der Waals surface area contributed by atoms with Gasteiger partial charge in [-0.15, -0.1) is 0 Å². The van der Waals surface area contributed by atoms with E-state index >= 15 is 0 Å². The Morgan fingerprint density at radius 2 is 1.83 bits per heavy atom. The van der Waals surface area contributed by atoms with Crippen LogP contribution in [-0.4, -0.2) is 24.4 Å². The van der Waals surface area contributed by atoms with Gasteiger partial charge < -0.3 is 15.8 Å². The summed E-state index contributed by atoms with van der Waals surface area (Å²) in [7, 11) is 0. The number of hydrogen-bond acceptors (Lipinski definition) is 4. The van der Waals surface area contributed by atoms with Gasteiger partial charge in [-0.25, -0.2) is 4.79 Å². The highest BCUT2D eigenvalue weighted by Gasteiger charge is 2.08. The van der Waals surface area contributed by atoms with Gasteiger partial charge >= 0.3 is 6.09 Å². The molecule has 0 aliphatic rings. The third-order valence-electron chi connectivity index (χ3n) is 3.09. The second kappa shape index (κ2) is 8.33. The lowest BCUT2D eigenvalue weighted by molar-refractivity contribution is -0.124. The van der Waals surface area contributed by atoms with Gasteiger partial charge in [0.25, 0.3) is 5.91 Å². The molecule has 2 aromatic carbocycles. The van der Waals surface area contributed by atoms with Gasteiger partial charge in [-0.1, -0.05) is 42.5 Å². The number of rotatable bonds is 6. The summed E-state index contributed by atoms with van der Waals surface area (Å²) in [5.41, 5.74) is 7.24. The number of amidine groups is 1. The number of ether oxygens (including phenoxy) is 1. The molecule has 2 aromatic rings. The highest BCUT2D eigenvalue weighted by atomic mass is 16.6. The average Bonchev–Trinajstić information content (AvgIpc) is 2.59. The van der Waals surface area contributed by atoms with Crippen molar-refractivity contribution in [1.29, 1.82) is 5.41 Å². The summed E-state index contributed by atoms with van der Waals surface area (Å²) in [5.74, 6) is -0.501. The Hall–Kier alpha value is -3.35. The van der Waals surface area contributed by atoms with Crippen LogP contribution in [0.25, 0.3) is 0 Å². The molecule has 0 saturated heterocycles. The van der Waals surface area contributed by atoms with Crippen LogP contribution in [0.3, 0.4) is 0 Å². The molecule has 0 unspecified atom stereocenters. The van der Waals surface area contributed by atoms with Gasteiger partial charge in [0.05, 0.1) is 0 Å². The van der Waals surface area contributed by atoms with Gasteiger partial charge in [0.2, 0.25) is 0 Å². The fourth-order valence-electron chi connectivity index (χ4n) is 1.90. The number of anilines is 1. The molecule has 0 aliphatic heterocycles. The van der Waals surface area contributed by atoms with Crippen LogP contribution in [0.1, 0.15) is 11.1 Å². The fourth-order valence-corrected chi connectivity index (χ4v) is 1.90. The van der Waals surface area contributed by atoms with Crippen molar-refractivity contribution in [3.05, 3.63) is 65.7 Å². The normalized spacial score (nSPS) is 9.83. The molecular weight excluding hydrogens is 308 g/mol. The van der Waals surface area contributed by atoms with E-state index < -0.39 is 12.0 Å². The van der Waals surface area contributed by atoms with E-state index in [1.165, 1.54) is 0 Å². The van der Waals surface area contributed by atoms with E-state index in [0.717, 1.165) is 5.56 Å². The third kappa shape index (κ3) is 5.45. The number of nitrogens with two attached hydrogens (primary N) is 1. The van der Waals surface area contributed by atoms with Crippen molar-refractivity contribution in [2.24, 2.45) is 5.73 Å². The second-order valence-corrected chi connectivity index (χ2v) is 4.96. The predicted octanol–water partition coefficient (Wildman–Crippen LogP) is 1.84. The molecule has 5 N–H and O–H groups in total. The smallest absolute Gasteiger partial charge is 0.412 e. The summed E-state index contributed by atoms with van der Waals surface area (Å²) >= 11 is 0. The topological polar surface area (TPSA) is 117 Å². The lowest BCUT2D eigenvalue weighted by Gasteiger charge is -2.09. The standard InChI is InChI=1S/C17H18N4O3/c18-16(19)13-7-4-8-14(9-13)21-17(23)24-11-15(22)20-10-12-5-2-1-3-6-12/h1-9H,10-11H2,(H3,18,19)(H,20,22)(H,21,23). The van der Waals surface area contributed by atoms with Gasteiger partial charge in [-0.3, -0.25) is 15.5 Å². The van der Waals surface area contributed by atoms with E-state index in [1.54, 1.807) is 24.3 Å². The summed E-state index contributed by atoms with van der Waals surface area (Å²) in [5, 5.41) is 12.5. The molecule has 0 aromatic heterocycles. The van der Waals surface area contributed by atoms with Gasteiger partial charge in [0, 0.05) is 17.8 Å². The van der Waals surface area contributed by atoms with E-state index in [0.29, 0.717) is 17.8 Å². The molecule has 0 saturated carbocycles. The maximum Gasteiger partial charge on any atom is 0.412 e. The van der Waals surface area contributed by atoms with Crippen LogP contribution < -0.4 is 16.4 Å². The van der Waals surface area contributed by atoms with Crippen LogP contribution in [0, 0.1) is 5.41 Å². The monoisotopic (exact) mass is 326 g/mol. The van der Waals surface area contributed by atoms with E-state index in [9.17, 15) is 9.59 Å². The van der Waals surface area contributed by atoms with Crippen molar-refractivity contribution < 1.29 is 14.3 Å². The molecule has 0 bridgehead atoms. The quantitative estimate of drug-likeness (QED) is 0.478. The molecule has 0 aliphatic carbocycles. The maximum absolute atomic E-state index is 11.7. The molecular formula is C17H18N4O3. The minimum atomic E-state index is -0.759. The Morgan fingerprint density at radius 3 is 2.54 bits per heavy atom. The first-order chi connectivity index (χ1) is 11.5. The molecule has 0 atom stereocenters. The third-order valence-corrected chi connectivity index (χ3v) is 3.09. The molecule has 0 radical (unpaired) electrons. The average molecular weight is 326 g/mol. The minimum Gasteiger partial charge on any atom is -0.439 e. The molecule has 7 heteroatoms. The van der Waals surface area contributed by atoms with Crippen LogP contribution in [-0.2, 0) is 16.1 Å². The van der Waals surface area contributed by atoms with Crippen molar-refractivity contribution in [3.8, 4) is 0 Å². The number of amides is 2. The first kappa shape index (κ1) is 17.0. The Labute approximate surface area is 139 Å². The SMILES string of the molecule is N=C(N)c1cccc(NC(=O)OCC(=O)NCc2ccccc2)c1. The summed E-state index contributed by atoms with van der Waals surface area (Å²) < 4.78 is 4.85. The van der Waals surface area contributed by atoms with E-state index in [1.807, 2.05) is 30.3 Å². The first-order valence-corrected chi connectivity index (χ1v) is 7.23. The highest BCUT2D eigenvalue weighted by molar-refractivity contribution is 5.97. The van der Waals surface area contributed by atoms with E-state index in [-0.39, 0.29) is 12.4 Å². The van der Waals surface area contributed by atoms with Crippen LogP contribution in [0.4, 0.5) is 10.5 Å². The largest absolute Gasteiger partial charge is 0.439 e. The van der Waals surface area contributed by atoms with Crippen molar-refractivity contribution in [3.63, 3.8) is 0 Å². The van der Waals surface area contributed by atoms with Gasteiger partial charge in [-0.05, 0) is 17.7 Å². The Kier molecular flexibility index (Phi) is 5.90. The predicted molar refractivity (Wildman–Crippen MR) is 90.7 cm³/mol. The number of hydrogen-bond donors (Lipinski definition) is 4. The molecule has 0 spiro atoms. The maximum atomic E-state index is 11.7. The molecule has 2 rings (SSSR count). The van der Waals surface area contributed by atoms with Gasteiger partial charge in [-0.2, -0.15) is 0 Å². The Bertz CT molecular complexity index is 732. The molecule has 0 fully saturated rings. The molecule has 2 amide bonds. The summed E-state index contributed by atoms with van der Waals surface area (Å²) in [6, 6.07) is 15.9. The zero-order valence-corrected chi connectivity index (χ0v) is 12.9.